The number of H-pyrrole nitrogens is 1. The van der Waals surface area contributed by atoms with Gasteiger partial charge in [-0.15, -0.1) is 0 Å². The van der Waals surface area contributed by atoms with E-state index in [1.54, 1.807) is 0 Å². The molecule has 0 bridgehead atoms. The van der Waals surface area contributed by atoms with Gasteiger partial charge in [0.2, 0.25) is 5.91 Å². The van der Waals surface area contributed by atoms with Gasteiger partial charge in [0.1, 0.15) is 0 Å². The number of piperidine rings is 1. The number of carbonyl (C=O) groups excluding carboxylic acids is 1. The topological polar surface area (TPSA) is 61.0 Å². The Morgan fingerprint density at radius 1 is 1.47 bits per heavy atom. The first-order valence-corrected chi connectivity index (χ1v) is 7.18. The Labute approximate surface area is 117 Å². The lowest BCUT2D eigenvalue weighted by Crippen LogP contribution is -2.47. The van der Waals surface area contributed by atoms with Gasteiger partial charge >= 0.3 is 0 Å². The maximum Gasteiger partial charge on any atom is 0.227 e. The molecule has 19 heavy (non-hydrogen) atoms. The number of hydrogen-bond acceptors (Lipinski definition) is 3. The van der Waals surface area contributed by atoms with Gasteiger partial charge in [0.25, 0.3) is 0 Å². The van der Waals surface area contributed by atoms with E-state index in [4.69, 9.17) is 11.6 Å². The van der Waals surface area contributed by atoms with Crippen LogP contribution in [0.5, 0.6) is 0 Å². The van der Waals surface area contributed by atoms with Gasteiger partial charge in [-0.1, -0.05) is 11.6 Å². The fourth-order valence-corrected chi connectivity index (χ4v) is 3.34. The van der Waals surface area contributed by atoms with Crippen molar-refractivity contribution in [1.29, 1.82) is 0 Å². The fraction of sp³-hybridized carbons (Fsp3) is 0.692. The number of rotatable bonds is 2. The van der Waals surface area contributed by atoms with Crippen LogP contribution in [0.2, 0.25) is 5.02 Å². The average molecular weight is 283 g/mol. The maximum absolute atomic E-state index is 12.1. The van der Waals surface area contributed by atoms with Gasteiger partial charge in [-0.3, -0.25) is 14.8 Å². The Hall–Kier alpha value is -1.07. The molecule has 0 aliphatic carbocycles. The summed E-state index contributed by atoms with van der Waals surface area (Å²) in [5.74, 6) is 0.227. The zero-order valence-corrected chi connectivity index (χ0v) is 11.9. The first-order chi connectivity index (χ1) is 9.11. The van der Waals surface area contributed by atoms with Crippen LogP contribution in [0.15, 0.2) is 0 Å². The lowest BCUT2D eigenvalue weighted by Gasteiger charge is -2.32. The summed E-state index contributed by atoms with van der Waals surface area (Å²) in [6, 6.07) is 0. The molecular formula is C13H19ClN4O. The van der Waals surface area contributed by atoms with Crippen molar-refractivity contribution in [2.75, 3.05) is 19.6 Å². The molecule has 0 saturated carbocycles. The molecule has 1 unspecified atom stereocenters. The molecule has 1 spiro atoms. The SMILES string of the molecule is Cc1[nH]nc(CN2CCC3(CCCNC3=O)C2)c1Cl. The molecule has 1 aromatic rings. The number of likely N-dealkylation sites (tertiary alicyclic amines) is 1. The van der Waals surface area contributed by atoms with Crippen LogP contribution in [0, 0.1) is 12.3 Å². The van der Waals surface area contributed by atoms with E-state index in [2.05, 4.69) is 20.4 Å². The van der Waals surface area contributed by atoms with Crippen LogP contribution in [0.1, 0.15) is 30.7 Å². The zero-order chi connectivity index (χ0) is 13.5. The molecular weight excluding hydrogens is 264 g/mol. The Bertz CT molecular complexity index is 501. The predicted octanol–water partition coefficient (Wildman–Crippen LogP) is 1.47. The molecule has 1 aromatic heterocycles. The van der Waals surface area contributed by atoms with Gasteiger partial charge in [-0.2, -0.15) is 5.10 Å². The third-order valence-corrected chi connectivity index (χ3v) is 4.85. The molecule has 6 heteroatoms. The summed E-state index contributed by atoms with van der Waals surface area (Å²) in [7, 11) is 0. The summed E-state index contributed by atoms with van der Waals surface area (Å²) in [4.78, 5) is 14.4. The van der Waals surface area contributed by atoms with Crippen LogP contribution >= 0.6 is 11.6 Å². The van der Waals surface area contributed by atoms with Crippen molar-refractivity contribution in [2.24, 2.45) is 5.41 Å². The number of halogens is 1. The van der Waals surface area contributed by atoms with Gasteiger partial charge in [0, 0.05) is 19.6 Å². The van der Waals surface area contributed by atoms with Crippen molar-refractivity contribution in [3.05, 3.63) is 16.4 Å². The minimum Gasteiger partial charge on any atom is -0.356 e. The molecule has 3 rings (SSSR count). The number of hydrogen-bond donors (Lipinski definition) is 2. The first kappa shape index (κ1) is 12.9. The fourth-order valence-electron chi connectivity index (χ4n) is 3.19. The summed E-state index contributed by atoms with van der Waals surface area (Å²) < 4.78 is 0. The zero-order valence-electron chi connectivity index (χ0n) is 11.1. The second-order valence-corrected chi connectivity index (χ2v) is 6.09. The highest BCUT2D eigenvalue weighted by Gasteiger charge is 2.45. The molecule has 2 N–H and O–H groups in total. The minimum atomic E-state index is -0.171. The Morgan fingerprint density at radius 2 is 2.32 bits per heavy atom. The number of nitrogens with zero attached hydrogens (tertiary/aromatic N) is 2. The summed E-state index contributed by atoms with van der Waals surface area (Å²) in [6.45, 7) is 5.22. The van der Waals surface area contributed by atoms with E-state index >= 15 is 0 Å². The van der Waals surface area contributed by atoms with E-state index in [1.165, 1.54) is 0 Å². The Kier molecular flexibility index (Phi) is 3.27. The third-order valence-electron chi connectivity index (χ3n) is 4.35. The van der Waals surface area contributed by atoms with Crippen molar-refractivity contribution in [3.8, 4) is 0 Å². The quantitative estimate of drug-likeness (QED) is 0.864. The normalized spacial score (nSPS) is 28.0. The summed E-state index contributed by atoms with van der Waals surface area (Å²) >= 11 is 6.19. The highest BCUT2D eigenvalue weighted by atomic mass is 35.5. The van der Waals surface area contributed by atoms with E-state index < -0.39 is 0 Å². The number of aryl methyl sites for hydroxylation is 1. The number of amides is 1. The van der Waals surface area contributed by atoms with Crippen LogP contribution in [-0.2, 0) is 11.3 Å². The van der Waals surface area contributed by atoms with Crippen molar-refractivity contribution in [2.45, 2.75) is 32.7 Å². The molecule has 1 atom stereocenters. The van der Waals surface area contributed by atoms with Gasteiger partial charge in [-0.05, 0) is 32.7 Å². The van der Waals surface area contributed by atoms with Crippen LogP contribution in [-0.4, -0.2) is 40.6 Å². The molecule has 104 valence electrons. The van der Waals surface area contributed by atoms with Crippen molar-refractivity contribution in [1.82, 2.24) is 20.4 Å². The van der Waals surface area contributed by atoms with E-state index in [0.717, 1.165) is 56.8 Å². The molecule has 0 aromatic carbocycles. The molecule has 3 heterocycles. The molecule has 2 saturated heterocycles. The molecule has 2 aliphatic heterocycles. The third kappa shape index (κ3) is 2.25. The number of carbonyl (C=O) groups is 1. The van der Waals surface area contributed by atoms with E-state index in [0.29, 0.717) is 5.02 Å². The van der Waals surface area contributed by atoms with Gasteiger partial charge in [-0.25, -0.2) is 0 Å². The van der Waals surface area contributed by atoms with Crippen LogP contribution < -0.4 is 5.32 Å². The van der Waals surface area contributed by atoms with Crippen LogP contribution in [0.3, 0.4) is 0 Å². The Balaban J connectivity index is 1.69. The lowest BCUT2D eigenvalue weighted by molar-refractivity contribution is -0.132. The Morgan fingerprint density at radius 3 is 3.00 bits per heavy atom. The number of nitrogens with one attached hydrogen (secondary N) is 2. The summed E-state index contributed by atoms with van der Waals surface area (Å²) in [5, 5.41) is 10.9. The smallest absolute Gasteiger partial charge is 0.227 e. The predicted molar refractivity (Wildman–Crippen MR) is 72.9 cm³/mol. The molecule has 2 fully saturated rings. The van der Waals surface area contributed by atoms with E-state index in [-0.39, 0.29) is 11.3 Å². The molecule has 2 aliphatic rings. The van der Waals surface area contributed by atoms with Crippen LogP contribution in [0.25, 0.3) is 0 Å². The molecule has 0 radical (unpaired) electrons. The second kappa shape index (κ2) is 4.80. The first-order valence-electron chi connectivity index (χ1n) is 6.81. The van der Waals surface area contributed by atoms with Crippen LogP contribution in [0.4, 0.5) is 0 Å². The van der Waals surface area contributed by atoms with Gasteiger partial charge in [0.05, 0.1) is 21.8 Å². The minimum absolute atomic E-state index is 0.171. The average Bonchev–Trinajstić information content (AvgIpc) is 2.94. The maximum atomic E-state index is 12.1. The highest BCUT2D eigenvalue weighted by Crippen LogP contribution is 2.38. The van der Waals surface area contributed by atoms with E-state index in [1.807, 2.05) is 6.92 Å². The van der Waals surface area contributed by atoms with Crippen molar-refractivity contribution >= 4 is 17.5 Å². The van der Waals surface area contributed by atoms with Gasteiger partial charge in [0.15, 0.2) is 0 Å². The van der Waals surface area contributed by atoms with Crippen molar-refractivity contribution in [3.63, 3.8) is 0 Å². The number of aromatic amines is 1. The number of aromatic nitrogens is 2. The summed E-state index contributed by atoms with van der Waals surface area (Å²) in [6.07, 6.45) is 3.03. The molecule has 5 nitrogen and oxygen atoms in total. The van der Waals surface area contributed by atoms with E-state index in [9.17, 15) is 4.79 Å². The standard InChI is InChI=1S/C13H19ClN4O/c1-9-11(14)10(17-16-9)7-18-6-4-13(8-18)3-2-5-15-12(13)19/h2-8H2,1H3,(H,15,19)(H,16,17). The second-order valence-electron chi connectivity index (χ2n) is 5.71. The molecule has 1 amide bonds. The summed E-state index contributed by atoms with van der Waals surface area (Å²) in [5.41, 5.74) is 1.62. The largest absolute Gasteiger partial charge is 0.356 e. The highest BCUT2D eigenvalue weighted by molar-refractivity contribution is 6.31. The monoisotopic (exact) mass is 282 g/mol. The van der Waals surface area contributed by atoms with Gasteiger partial charge < -0.3 is 5.32 Å². The lowest BCUT2D eigenvalue weighted by atomic mass is 9.79. The van der Waals surface area contributed by atoms with Crippen molar-refractivity contribution < 1.29 is 4.79 Å².